The molecule has 1 atom stereocenters. The van der Waals surface area contributed by atoms with Gasteiger partial charge in [-0.25, -0.2) is 9.59 Å². The first-order chi connectivity index (χ1) is 9.58. The first kappa shape index (κ1) is 17.5. The number of carbonyl (C=O) groups excluding carboxylic acids is 1. The Balaban J connectivity index is 2.76. The Bertz CT molecular complexity index is 539. The van der Waals surface area contributed by atoms with Crippen molar-refractivity contribution in [1.82, 2.24) is 5.32 Å². The molecular formula is C14H18INO5. The number of carbonyl (C=O) groups is 2. The summed E-state index contributed by atoms with van der Waals surface area (Å²) in [5.74, 6) is -1.02. The lowest BCUT2D eigenvalue weighted by molar-refractivity contribution is -0.139. The molecule has 116 valence electrons. The van der Waals surface area contributed by atoms with E-state index < -0.39 is 23.7 Å². The minimum Gasteiger partial charge on any atom is -0.507 e. The van der Waals surface area contributed by atoms with Gasteiger partial charge in [0.15, 0.2) is 0 Å². The third-order valence-corrected chi connectivity index (χ3v) is 3.31. The van der Waals surface area contributed by atoms with Gasteiger partial charge in [0.1, 0.15) is 17.4 Å². The molecule has 6 nitrogen and oxygen atoms in total. The maximum absolute atomic E-state index is 11.6. The van der Waals surface area contributed by atoms with Crippen LogP contribution in [0.4, 0.5) is 4.79 Å². The molecular weight excluding hydrogens is 389 g/mol. The second-order valence-corrected chi connectivity index (χ2v) is 6.69. The zero-order valence-electron chi connectivity index (χ0n) is 12.0. The van der Waals surface area contributed by atoms with E-state index in [9.17, 15) is 19.8 Å². The van der Waals surface area contributed by atoms with E-state index in [0.717, 1.165) is 0 Å². The van der Waals surface area contributed by atoms with Gasteiger partial charge in [0.05, 0.1) is 3.57 Å². The fourth-order valence-electron chi connectivity index (χ4n) is 1.56. The largest absolute Gasteiger partial charge is 0.507 e. The molecule has 0 aliphatic carbocycles. The number of ether oxygens (including phenoxy) is 1. The highest BCUT2D eigenvalue weighted by Crippen LogP contribution is 2.21. The Morgan fingerprint density at radius 3 is 2.48 bits per heavy atom. The lowest BCUT2D eigenvalue weighted by Gasteiger charge is -2.22. The van der Waals surface area contributed by atoms with E-state index in [1.54, 1.807) is 32.9 Å². The van der Waals surface area contributed by atoms with Crippen molar-refractivity contribution >= 4 is 34.7 Å². The second kappa shape index (κ2) is 6.97. The van der Waals surface area contributed by atoms with Crippen molar-refractivity contribution in [3.05, 3.63) is 27.3 Å². The number of hydrogen-bond donors (Lipinski definition) is 3. The molecule has 0 saturated heterocycles. The average molecular weight is 407 g/mol. The lowest BCUT2D eigenvalue weighted by Crippen LogP contribution is -2.44. The highest BCUT2D eigenvalue weighted by Gasteiger charge is 2.24. The zero-order valence-corrected chi connectivity index (χ0v) is 14.2. The van der Waals surface area contributed by atoms with Gasteiger partial charge in [-0.15, -0.1) is 0 Å². The molecule has 0 unspecified atom stereocenters. The fourth-order valence-corrected chi connectivity index (χ4v) is 2.14. The van der Waals surface area contributed by atoms with Crippen molar-refractivity contribution in [2.45, 2.75) is 38.8 Å². The number of nitrogens with one attached hydrogen (secondary N) is 1. The smallest absolute Gasteiger partial charge is 0.408 e. The number of phenols is 1. The van der Waals surface area contributed by atoms with E-state index in [4.69, 9.17) is 4.74 Å². The Labute approximate surface area is 136 Å². The summed E-state index contributed by atoms with van der Waals surface area (Å²) in [5.41, 5.74) is 0.00165. The summed E-state index contributed by atoms with van der Waals surface area (Å²) in [6, 6.07) is 3.68. The molecule has 0 aliphatic heterocycles. The molecule has 0 heterocycles. The molecule has 0 aromatic heterocycles. The topological polar surface area (TPSA) is 95.9 Å². The van der Waals surface area contributed by atoms with Crippen LogP contribution in [0, 0.1) is 3.57 Å². The van der Waals surface area contributed by atoms with Crippen LogP contribution < -0.4 is 5.32 Å². The molecule has 0 aliphatic rings. The zero-order chi connectivity index (χ0) is 16.2. The molecule has 1 aromatic carbocycles. The monoisotopic (exact) mass is 407 g/mol. The van der Waals surface area contributed by atoms with Crippen LogP contribution in [0.15, 0.2) is 18.2 Å². The van der Waals surface area contributed by atoms with E-state index in [-0.39, 0.29) is 12.2 Å². The number of aliphatic carboxylic acids is 1. The number of alkyl carbamates (subject to hydrolysis) is 1. The van der Waals surface area contributed by atoms with Gasteiger partial charge in [0.25, 0.3) is 0 Å². The molecule has 0 spiro atoms. The van der Waals surface area contributed by atoms with Crippen LogP contribution in [0.2, 0.25) is 0 Å². The third kappa shape index (κ3) is 6.19. The average Bonchev–Trinajstić information content (AvgIpc) is 2.30. The second-order valence-electron chi connectivity index (χ2n) is 5.53. The number of benzene rings is 1. The first-order valence-corrected chi connectivity index (χ1v) is 7.36. The molecule has 1 amide bonds. The molecule has 0 radical (unpaired) electrons. The number of carboxylic acids is 1. The molecule has 1 aromatic rings. The highest BCUT2D eigenvalue weighted by molar-refractivity contribution is 14.1. The summed E-state index contributed by atoms with van der Waals surface area (Å²) in [6.45, 7) is 5.10. The van der Waals surface area contributed by atoms with Gasteiger partial charge < -0.3 is 20.3 Å². The summed E-state index contributed by atoms with van der Waals surface area (Å²) >= 11 is 1.95. The van der Waals surface area contributed by atoms with Crippen LogP contribution in [0.25, 0.3) is 0 Å². The summed E-state index contributed by atoms with van der Waals surface area (Å²) in [6.07, 6.45) is -0.673. The number of carboxylic acid groups (broad SMARTS) is 1. The molecule has 1 rings (SSSR count). The molecule has 0 fully saturated rings. The summed E-state index contributed by atoms with van der Waals surface area (Å²) in [5, 5.41) is 21.0. The van der Waals surface area contributed by atoms with Gasteiger partial charge >= 0.3 is 12.1 Å². The normalized spacial score (nSPS) is 12.6. The van der Waals surface area contributed by atoms with Gasteiger partial charge in [-0.05, 0) is 61.1 Å². The number of phenolic OH excluding ortho intramolecular Hbond substituents is 1. The molecule has 7 heteroatoms. The molecule has 0 bridgehead atoms. The Morgan fingerprint density at radius 2 is 2.00 bits per heavy atom. The molecule has 3 N–H and O–H groups in total. The van der Waals surface area contributed by atoms with E-state index in [0.29, 0.717) is 9.13 Å². The maximum Gasteiger partial charge on any atom is 0.408 e. The first-order valence-electron chi connectivity index (χ1n) is 6.28. The number of aromatic hydroxyl groups is 1. The van der Waals surface area contributed by atoms with Gasteiger partial charge in [-0.3, -0.25) is 0 Å². The number of hydrogen-bond acceptors (Lipinski definition) is 4. The quantitative estimate of drug-likeness (QED) is 0.667. The lowest BCUT2D eigenvalue weighted by atomic mass is 10.1. The standard InChI is InChI=1S/C14H18INO5/c1-14(2,3)21-13(20)16-10(12(18)19)7-8-4-5-11(17)9(15)6-8/h4-6,10,17H,7H2,1-3H3,(H,16,20)(H,18,19)/t10-/m0/s1. The van der Waals surface area contributed by atoms with Gasteiger partial charge in [-0.2, -0.15) is 0 Å². The Hall–Kier alpha value is -1.51. The van der Waals surface area contributed by atoms with Crippen molar-refractivity contribution < 1.29 is 24.5 Å². The van der Waals surface area contributed by atoms with Crippen LogP contribution in [0.3, 0.4) is 0 Å². The highest BCUT2D eigenvalue weighted by atomic mass is 127. The summed E-state index contributed by atoms with van der Waals surface area (Å²) in [7, 11) is 0. The number of rotatable bonds is 4. The number of halogens is 1. The van der Waals surface area contributed by atoms with Crippen molar-refractivity contribution in [3.63, 3.8) is 0 Å². The summed E-state index contributed by atoms with van der Waals surface area (Å²) < 4.78 is 5.66. The fraction of sp³-hybridized carbons (Fsp3) is 0.429. The minimum atomic E-state index is -1.15. The van der Waals surface area contributed by atoms with Crippen LogP contribution in [0.1, 0.15) is 26.3 Å². The molecule has 0 saturated carbocycles. The van der Waals surface area contributed by atoms with E-state index in [1.807, 2.05) is 22.6 Å². The minimum absolute atomic E-state index is 0.102. The van der Waals surface area contributed by atoms with Crippen molar-refractivity contribution in [2.75, 3.05) is 0 Å². The predicted octanol–water partition coefficient (Wildman–Crippen LogP) is 2.52. The van der Waals surface area contributed by atoms with Crippen molar-refractivity contribution in [1.29, 1.82) is 0 Å². The maximum atomic E-state index is 11.6. The third-order valence-electron chi connectivity index (χ3n) is 2.44. The van der Waals surface area contributed by atoms with Crippen LogP contribution in [0.5, 0.6) is 5.75 Å². The van der Waals surface area contributed by atoms with Gasteiger partial charge in [-0.1, -0.05) is 6.07 Å². The van der Waals surface area contributed by atoms with Crippen LogP contribution >= 0.6 is 22.6 Å². The van der Waals surface area contributed by atoms with E-state index in [2.05, 4.69) is 5.32 Å². The van der Waals surface area contributed by atoms with Crippen LogP contribution in [-0.4, -0.2) is 33.9 Å². The van der Waals surface area contributed by atoms with Crippen molar-refractivity contribution in [3.8, 4) is 5.75 Å². The van der Waals surface area contributed by atoms with Crippen LogP contribution in [-0.2, 0) is 16.0 Å². The number of amides is 1. The Morgan fingerprint density at radius 1 is 1.38 bits per heavy atom. The van der Waals surface area contributed by atoms with Gasteiger partial charge in [0, 0.05) is 6.42 Å². The Kier molecular flexibility index (Phi) is 5.82. The van der Waals surface area contributed by atoms with E-state index >= 15 is 0 Å². The summed E-state index contributed by atoms with van der Waals surface area (Å²) in [4.78, 5) is 22.9. The van der Waals surface area contributed by atoms with Crippen molar-refractivity contribution in [2.24, 2.45) is 0 Å². The van der Waals surface area contributed by atoms with Gasteiger partial charge in [0.2, 0.25) is 0 Å². The molecule has 21 heavy (non-hydrogen) atoms. The van der Waals surface area contributed by atoms with E-state index in [1.165, 1.54) is 6.07 Å². The predicted molar refractivity (Wildman–Crippen MR) is 85.3 cm³/mol. The SMILES string of the molecule is CC(C)(C)OC(=O)N[C@@H](Cc1ccc(O)c(I)c1)C(=O)O.